The summed E-state index contributed by atoms with van der Waals surface area (Å²) in [4.78, 5) is 4.97. The van der Waals surface area contributed by atoms with Gasteiger partial charge >= 0.3 is 0 Å². The molecule has 0 radical (unpaired) electrons. The summed E-state index contributed by atoms with van der Waals surface area (Å²) in [7, 11) is 1.78. The van der Waals surface area contributed by atoms with E-state index >= 15 is 0 Å². The number of ether oxygens (including phenoxy) is 2. The molecule has 2 fully saturated rings. The Kier molecular flexibility index (Phi) is 3.82. The van der Waals surface area contributed by atoms with Gasteiger partial charge in [-0.2, -0.15) is 5.10 Å². The van der Waals surface area contributed by atoms with E-state index in [9.17, 15) is 0 Å². The molecule has 0 atom stereocenters. The Morgan fingerprint density at radius 3 is 2.48 bits per heavy atom. The van der Waals surface area contributed by atoms with Crippen LogP contribution < -0.4 is 0 Å². The standard InChI is InChI=1S/C16H27N3O2/c1-15(2,3)19-14(16(7-8-16)11-20-4)17-13(18-19)12-5-9-21-10-6-12/h12H,5-11H2,1-4H3. The zero-order valence-electron chi connectivity index (χ0n) is 13.7. The molecule has 0 N–H and O–H groups in total. The third-order valence-electron chi connectivity index (χ3n) is 4.59. The highest BCUT2D eigenvalue weighted by Crippen LogP contribution is 2.48. The lowest BCUT2D eigenvalue weighted by atomic mass is 10.00. The third kappa shape index (κ3) is 2.86. The molecule has 1 aliphatic heterocycles. The van der Waals surface area contributed by atoms with E-state index in [0.29, 0.717) is 5.92 Å². The predicted octanol–water partition coefficient (Wildman–Crippen LogP) is 2.61. The van der Waals surface area contributed by atoms with Gasteiger partial charge in [0, 0.05) is 26.2 Å². The second-order valence-electron chi connectivity index (χ2n) is 7.48. The molecule has 0 unspecified atom stereocenters. The Balaban J connectivity index is 1.95. The maximum absolute atomic E-state index is 5.46. The van der Waals surface area contributed by atoms with Crippen LogP contribution in [0.5, 0.6) is 0 Å². The lowest BCUT2D eigenvalue weighted by Crippen LogP contribution is -2.30. The van der Waals surface area contributed by atoms with Gasteiger partial charge in [-0.15, -0.1) is 0 Å². The van der Waals surface area contributed by atoms with Gasteiger partial charge in [0.05, 0.1) is 17.6 Å². The van der Waals surface area contributed by atoms with Crippen LogP contribution in [0, 0.1) is 0 Å². The second-order valence-corrected chi connectivity index (χ2v) is 7.48. The second kappa shape index (κ2) is 5.36. The highest BCUT2D eigenvalue weighted by atomic mass is 16.5. The lowest BCUT2D eigenvalue weighted by molar-refractivity contribution is 0.0834. The normalized spacial score (nSPS) is 22.5. The van der Waals surface area contributed by atoms with Crippen LogP contribution in [0.15, 0.2) is 0 Å². The molecular formula is C16H27N3O2. The lowest BCUT2D eigenvalue weighted by Gasteiger charge is -2.24. The molecule has 1 aromatic heterocycles. The molecule has 5 nitrogen and oxygen atoms in total. The highest BCUT2D eigenvalue weighted by molar-refractivity contribution is 5.21. The molecule has 3 rings (SSSR count). The van der Waals surface area contributed by atoms with E-state index in [0.717, 1.165) is 57.2 Å². The molecule has 0 amide bonds. The van der Waals surface area contributed by atoms with Crippen molar-refractivity contribution in [3.8, 4) is 0 Å². The van der Waals surface area contributed by atoms with Crippen LogP contribution >= 0.6 is 0 Å². The number of hydrogen-bond acceptors (Lipinski definition) is 4. The number of aromatic nitrogens is 3. The minimum atomic E-state index is -0.0465. The van der Waals surface area contributed by atoms with Crippen molar-refractivity contribution in [3.05, 3.63) is 11.6 Å². The number of rotatable bonds is 4. The summed E-state index contributed by atoms with van der Waals surface area (Å²) >= 11 is 0. The van der Waals surface area contributed by atoms with Crippen LogP contribution in [0.4, 0.5) is 0 Å². The molecule has 21 heavy (non-hydrogen) atoms. The molecule has 1 aliphatic carbocycles. The van der Waals surface area contributed by atoms with E-state index in [4.69, 9.17) is 19.6 Å². The van der Waals surface area contributed by atoms with Crippen LogP contribution in [0.1, 0.15) is 64.0 Å². The Hall–Kier alpha value is -0.940. The van der Waals surface area contributed by atoms with Crippen LogP contribution in [-0.4, -0.2) is 41.7 Å². The van der Waals surface area contributed by atoms with E-state index in [1.54, 1.807) is 7.11 Å². The summed E-state index contributed by atoms with van der Waals surface area (Å²) < 4.78 is 13.0. The summed E-state index contributed by atoms with van der Waals surface area (Å²) in [5, 5.41) is 4.89. The Morgan fingerprint density at radius 2 is 1.95 bits per heavy atom. The van der Waals surface area contributed by atoms with Crippen molar-refractivity contribution in [1.82, 2.24) is 14.8 Å². The molecule has 0 spiro atoms. The molecule has 118 valence electrons. The van der Waals surface area contributed by atoms with Gasteiger partial charge in [-0.05, 0) is 46.5 Å². The predicted molar refractivity (Wildman–Crippen MR) is 80.6 cm³/mol. The Bertz CT molecular complexity index is 494. The molecule has 1 aromatic rings. The minimum Gasteiger partial charge on any atom is -0.384 e. The van der Waals surface area contributed by atoms with Crippen molar-refractivity contribution in [2.75, 3.05) is 26.9 Å². The van der Waals surface area contributed by atoms with Crippen LogP contribution in [0.3, 0.4) is 0 Å². The molecule has 0 bridgehead atoms. The maximum Gasteiger partial charge on any atom is 0.154 e. The zero-order chi connectivity index (χ0) is 15.1. The van der Waals surface area contributed by atoms with Gasteiger partial charge in [-0.1, -0.05) is 0 Å². The molecular weight excluding hydrogens is 266 g/mol. The average molecular weight is 293 g/mol. The van der Waals surface area contributed by atoms with E-state index in [1.807, 2.05) is 0 Å². The fraction of sp³-hybridized carbons (Fsp3) is 0.875. The van der Waals surface area contributed by atoms with Crippen molar-refractivity contribution in [2.24, 2.45) is 0 Å². The fourth-order valence-corrected chi connectivity index (χ4v) is 3.13. The molecule has 0 aromatic carbocycles. The highest BCUT2D eigenvalue weighted by Gasteiger charge is 2.50. The van der Waals surface area contributed by atoms with Gasteiger partial charge in [0.1, 0.15) is 5.82 Å². The molecule has 5 heteroatoms. The summed E-state index contributed by atoms with van der Waals surface area (Å²) in [6.07, 6.45) is 4.38. The molecule has 1 saturated carbocycles. The van der Waals surface area contributed by atoms with Crippen molar-refractivity contribution < 1.29 is 9.47 Å². The van der Waals surface area contributed by atoms with Gasteiger partial charge in [0.2, 0.25) is 0 Å². The van der Waals surface area contributed by atoms with Gasteiger partial charge in [-0.25, -0.2) is 9.67 Å². The van der Waals surface area contributed by atoms with Gasteiger partial charge in [0.15, 0.2) is 5.82 Å². The first-order valence-corrected chi connectivity index (χ1v) is 8.01. The quantitative estimate of drug-likeness (QED) is 0.856. The van der Waals surface area contributed by atoms with Crippen molar-refractivity contribution >= 4 is 0 Å². The zero-order valence-corrected chi connectivity index (χ0v) is 13.7. The van der Waals surface area contributed by atoms with Crippen LogP contribution in [-0.2, 0) is 20.4 Å². The first-order valence-electron chi connectivity index (χ1n) is 8.01. The van der Waals surface area contributed by atoms with Crippen LogP contribution in [0.2, 0.25) is 0 Å². The van der Waals surface area contributed by atoms with Crippen molar-refractivity contribution in [3.63, 3.8) is 0 Å². The summed E-state index contributed by atoms with van der Waals surface area (Å²) in [6, 6.07) is 0. The third-order valence-corrected chi connectivity index (χ3v) is 4.59. The SMILES string of the molecule is COCC1(c2nc(C3CCOCC3)nn2C(C)(C)C)CC1. The van der Waals surface area contributed by atoms with Crippen LogP contribution in [0.25, 0.3) is 0 Å². The number of hydrogen-bond donors (Lipinski definition) is 0. The molecule has 1 saturated heterocycles. The van der Waals surface area contributed by atoms with Gasteiger partial charge < -0.3 is 9.47 Å². The first kappa shape index (κ1) is 15.0. The van der Waals surface area contributed by atoms with Crippen molar-refractivity contribution in [2.45, 2.75) is 63.3 Å². The smallest absolute Gasteiger partial charge is 0.154 e. The Labute approximate surface area is 127 Å². The summed E-state index contributed by atoms with van der Waals surface area (Å²) in [5.41, 5.74) is 0.0491. The van der Waals surface area contributed by atoms with E-state index in [2.05, 4.69) is 25.5 Å². The monoisotopic (exact) mass is 293 g/mol. The Morgan fingerprint density at radius 1 is 1.29 bits per heavy atom. The van der Waals surface area contributed by atoms with E-state index in [-0.39, 0.29) is 11.0 Å². The maximum atomic E-state index is 5.46. The number of nitrogens with zero attached hydrogens (tertiary/aromatic N) is 3. The summed E-state index contributed by atoms with van der Waals surface area (Å²) in [5.74, 6) is 2.57. The van der Waals surface area contributed by atoms with E-state index < -0.39 is 0 Å². The molecule has 2 aliphatic rings. The minimum absolute atomic E-state index is 0.0465. The first-order chi connectivity index (χ1) is 9.96. The van der Waals surface area contributed by atoms with E-state index in [1.165, 1.54) is 0 Å². The molecule has 2 heterocycles. The fourth-order valence-electron chi connectivity index (χ4n) is 3.13. The number of methoxy groups -OCH3 is 1. The van der Waals surface area contributed by atoms with Gasteiger partial charge in [-0.3, -0.25) is 0 Å². The van der Waals surface area contributed by atoms with Gasteiger partial charge in [0.25, 0.3) is 0 Å². The summed E-state index contributed by atoms with van der Waals surface area (Å²) in [6.45, 7) is 8.99. The average Bonchev–Trinajstić information content (AvgIpc) is 3.07. The largest absolute Gasteiger partial charge is 0.384 e. The van der Waals surface area contributed by atoms with Crippen molar-refractivity contribution in [1.29, 1.82) is 0 Å². The topological polar surface area (TPSA) is 49.2 Å².